The molecule has 13 heavy (non-hydrogen) atoms. The standard InChI is InChI=1S/C8H8N4S/c9-5-7-11-12-8(13-7)6-1-3-10-4-2-6/h1-4H,5,9H2. The van der Waals surface area contributed by atoms with Crippen molar-refractivity contribution < 1.29 is 0 Å². The molecule has 0 radical (unpaired) electrons. The van der Waals surface area contributed by atoms with Crippen LogP contribution in [0.1, 0.15) is 5.01 Å². The van der Waals surface area contributed by atoms with E-state index in [1.54, 1.807) is 12.4 Å². The molecule has 0 aliphatic carbocycles. The molecule has 0 bridgehead atoms. The molecule has 2 rings (SSSR count). The average Bonchev–Trinajstić information content (AvgIpc) is 2.67. The van der Waals surface area contributed by atoms with Crippen molar-refractivity contribution >= 4 is 11.3 Å². The van der Waals surface area contributed by atoms with Gasteiger partial charge in [0.25, 0.3) is 0 Å². The zero-order valence-corrected chi connectivity index (χ0v) is 7.66. The van der Waals surface area contributed by atoms with Crippen LogP contribution in [-0.4, -0.2) is 15.2 Å². The molecule has 0 saturated heterocycles. The Kier molecular flexibility index (Phi) is 2.29. The van der Waals surface area contributed by atoms with Crippen molar-refractivity contribution in [3.63, 3.8) is 0 Å². The van der Waals surface area contributed by atoms with Crippen LogP contribution >= 0.6 is 11.3 Å². The Bertz CT molecular complexity index is 384. The predicted octanol–water partition coefficient (Wildman–Crippen LogP) is 1.06. The van der Waals surface area contributed by atoms with E-state index in [0.717, 1.165) is 15.6 Å². The number of rotatable bonds is 2. The first-order chi connectivity index (χ1) is 6.40. The molecule has 0 unspecified atom stereocenters. The van der Waals surface area contributed by atoms with E-state index in [9.17, 15) is 0 Å². The summed E-state index contributed by atoms with van der Waals surface area (Å²) >= 11 is 1.51. The third-order valence-electron chi connectivity index (χ3n) is 1.57. The first-order valence-corrected chi connectivity index (χ1v) is 4.64. The summed E-state index contributed by atoms with van der Waals surface area (Å²) in [5.74, 6) is 0. The smallest absolute Gasteiger partial charge is 0.147 e. The molecule has 0 aliphatic heterocycles. The molecule has 0 amide bonds. The molecule has 2 heterocycles. The first-order valence-electron chi connectivity index (χ1n) is 3.83. The molecule has 0 atom stereocenters. The van der Waals surface area contributed by atoms with Crippen molar-refractivity contribution in [3.8, 4) is 10.6 Å². The third kappa shape index (κ3) is 1.71. The highest BCUT2D eigenvalue weighted by Crippen LogP contribution is 2.21. The molecule has 0 saturated carbocycles. The summed E-state index contributed by atoms with van der Waals surface area (Å²) in [4.78, 5) is 3.93. The molecule has 0 aliphatic rings. The largest absolute Gasteiger partial charge is 0.324 e. The summed E-state index contributed by atoms with van der Waals surface area (Å²) < 4.78 is 0. The van der Waals surface area contributed by atoms with Gasteiger partial charge in [0.1, 0.15) is 10.0 Å². The minimum absolute atomic E-state index is 0.447. The summed E-state index contributed by atoms with van der Waals surface area (Å²) in [6.07, 6.45) is 3.47. The molecule has 4 nitrogen and oxygen atoms in total. The van der Waals surface area contributed by atoms with Crippen molar-refractivity contribution in [2.75, 3.05) is 0 Å². The highest BCUT2D eigenvalue weighted by atomic mass is 32.1. The van der Waals surface area contributed by atoms with Gasteiger partial charge in [-0.15, -0.1) is 10.2 Å². The average molecular weight is 192 g/mol. The maximum absolute atomic E-state index is 5.44. The van der Waals surface area contributed by atoms with E-state index < -0.39 is 0 Å². The lowest BCUT2D eigenvalue weighted by Crippen LogP contribution is -1.94. The second kappa shape index (κ2) is 3.59. The lowest BCUT2D eigenvalue weighted by atomic mass is 10.3. The maximum atomic E-state index is 5.44. The van der Waals surface area contributed by atoms with Crippen molar-refractivity contribution in [2.45, 2.75) is 6.54 Å². The molecule has 5 heteroatoms. The van der Waals surface area contributed by atoms with Crippen molar-refractivity contribution in [2.24, 2.45) is 5.73 Å². The van der Waals surface area contributed by atoms with Crippen molar-refractivity contribution in [1.29, 1.82) is 0 Å². The lowest BCUT2D eigenvalue weighted by Gasteiger charge is -1.90. The Balaban J connectivity index is 2.36. The molecule has 2 aromatic rings. The van der Waals surface area contributed by atoms with Gasteiger partial charge in [-0.1, -0.05) is 11.3 Å². The van der Waals surface area contributed by atoms with E-state index in [1.807, 2.05) is 12.1 Å². The molecule has 0 aromatic carbocycles. The Morgan fingerprint density at radius 1 is 1.23 bits per heavy atom. The molecule has 66 valence electrons. The Labute approximate surface area is 79.5 Å². The van der Waals surface area contributed by atoms with Gasteiger partial charge in [-0.2, -0.15) is 0 Å². The van der Waals surface area contributed by atoms with E-state index >= 15 is 0 Å². The fourth-order valence-electron chi connectivity index (χ4n) is 0.947. The normalized spacial score (nSPS) is 10.2. The number of hydrogen-bond donors (Lipinski definition) is 1. The van der Waals surface area contributed by atoms with Crippen LogP contribution in [0.25, 0.3) is 10.6 Å². The molecular weight excluding hydrogens is 184 g/mol. The topological polar surface area (TPSA) is 64.7 Å². The molecular formula is C8H8N4S. The van der Waals surface area contributed by atoms with Crippen LogP contribution in [0.15, 0.2) is 24.5 Å². The summed E-state index contributed by atoms with van der Waals surface area (Å²) in [5, 5.41) is 9.70. The zero-order valence-electron chi connectivity index (χ0n) is 6.84. The van der Waals surface area contributed by atoms with Gasteiger partial charge in [-0.05, 0) is 12.1 Å². The Morgan fingerprint density at radius 3 is 2.62 bits per heavy atom. The fraction of sp³-hybridized carbons (Fsp3) is 0.125. The Hall–Kier alpha value is -1.33. The van der Waals surface area contributed by atoms with E-state index in [2.05, 4.69) is 15.2 Å². The van der Waals surface area contributed by atoms with E-state index in [1.165, 1.54) is 11.3 Å². The van der Waals surface area contributed by atoms with Gasteiger partial charge in [0.05, 0.1) is 0 Å². The second-order valence-electron chi connectivity index (χ2n) is 2.44. The van der Waals surface area contributed by atoms with E-state index in [-0.39, 0.29) is 0 Å². The minimum Gasteiger partial charge on any atom is -0.324 e. The van der Waals surface area contributed by atoms with Crippen LogP contribution < -0.4 is 5.73 Å². The number of nitrogens with two attached hydrogens (primary N) is 1. The monoisotopic (exact) mass is 192 g/mol. The first kappa shape index (κ1) is 8.28. The maximum Gasteiger partial charge on any atom is 0.147 e. The third-order valence-corrected chi connectivity index (χ3v) is 2.56. The van der Waals surface area contributed by atoms with Gasteiger partial charge in [0.15, 0.2) is 0 Å². The summed E-state index contributed by atoms with van der Waals surface area (Å²) in [6, 6.07) is 3.81. The van der Waals surface area contributed by atoms with Crippen LogP contribution in [0.2, 0.25) is 0 Å². The van der Waals surface area contributed by atoms with Gasteiger partial charge in [-0.25, -0.2) is 0 Å². The Morgan fingerprint density at radius 2 is 2.00 bits per heavy atom. The SMILES string of the molecule is NCc1nnc(-c2ccncc2)s1. The van der Waals surface area contributed by atoms with Crippen molar-refractivity contribution in [3.05, 3.63) is 29.5 Å². The van der Waals surface area contributed by atoms with Gasteiger partial charge in [-0.3, -0.25) is 4.98 Å². The molecule has 2 aromatic heterocycles. The number of hydrogen-bond acceptors (Lipinski definition) is 5. The van der Waals surface area contributed by atoms with Crippen LogP contribution in [0.3, 0.4) is 0 Å². The minimum atomic E-state index is 0.447. The highest BCUT2D eigenvalue weighted by Gasteiger charge is 2.03. The van der Waals surface area contributed by atoms with Crippen LogP contribution in [0.4, 0.5) is 0 Å². The zero-order chi connectivity index (χ0) is 9.10. The van der Waals surface area contributed by atoms with Gasteiger partial charge < -0.3 is 5.73 Å². The van der Waals surface area contributed by atoms with Gasteiger partial charge >= 0.3 is 0 Å². The quantitative estimate of drug-likeness (QED) is 0.772. The lowest BCUT2D eigenvalue weighted by molar-refractivity contribution is 0.960. The summed E-state index contributed by atoms with van der Waals surface area (Å²) in [7, 11) is 0. The number of nitrogens with zero attached hydrogens (tertiary/aromatic N) is 3. The predicted molar refractivity (Wildman–Crippen MR) is 51.0 cm³/mol. The van der Waals surface area contributed by atoms with E-state index in [4.69, 9.17) is 5.73 Å². The van der Waals surface area contributed by atoms with Crippen LogP contribution in [-0.2, 0) is 6.54 Å². The molecule has 0 spiro atoms. The molecule has 0 fully saturated rings. The van der Waals surface area contributed by atoms with Crippen LogP contribution in [0, 0.1) is 0 Å². The summed E-state index contributed by atoms with van der Waals surface area (Å²) in [5.41, 5.74) is 6.47. The molecule has 2 N–H and O–H groups in total. The number of aromatic nitrogens is 3. The summed E-state index contributed by atoms with van der Waals surface area (Å²) in [6.45, 7) is 0.447. The van der Waals surface area contributed by atoms with Gasteiger partial charge in [0.2, 0.25) is 0 Å². The van der Waals surface area contributed by atoms with E-state index in [0.29, 0.717) is 6.54 Å². The van der Waals surface area contributed by atoms with Crippen molar-refractivity contribution in [1.82, 2.24) is 15.2 Å². The van der Waals surface area contributed by atoms with Crippen LogP contribution in [0.5, 0.6) is 0 Å². The highest BCUT2D eigenvalue weighted by molar-refractivity contribution is 7.14. The fourth-order valence-corrected chi connectivity index (χ4v) is 1.67. The van der Waals surface area contributed by atoms with Gasteiger partial charge in [0, 0.05) is 24.5 Å². The second-order valence-corrected chi connectivity index (χ2v) is 3.50. The number of pyridine rings is 1.